The van der Waals surface area contributed by atoms with Gasteiger partial charge in [0, 0.05) is 23.1 Å². The molecule has 0 radical (unpaired) electrons. The van der Waals surface area contributed by atoms with E-state index in [9.17, 15) is 0 Å². The lowest BCUT2D eigenvalue weighted by Gasteiger charge is -2.05. The van der Waals surface area contributed by atoms with Crippen molar-refractivity contribution in [3.63, 3.8) is 0 Å². The second-order valence-electron chi connectivity index (χ2n) is 4.91. The highest BCUT2D eigenvalue weighted by atomic mass is 32.1. The number of rotatable bonds is 2. The summed E-state index contributed by atoms with van der Waals surface area (Å²) >= 11 is 1.84. The van der Waals surface area contributed by atoms with Crippen LogP contribution < -0.4 is 0 Å². The molecule has 3 rings (SSSR count). The predicted octanol–water partition coefficient (Wildman–Crippen LogP) is 4.68. The fourth-order valence-corrected chi connectivity index (χ4v) is 3.39. The molecule has 1 nitrogen and oxygen atoms in total. The molecule has 0 unspecified atom stereocenters. The molecule has 0 spiro atoms. The summed E-state index contributed by atoms with van der Waals surface area (Å²) in [5.74, 6) is 0. The average Bonchev–Trinajstić information content (AvgIpc) is 2.89. The SMILES string of the molecule is Cc1cn(Cc2csc3ccccc23)c(C)c1C. The van der Waals surface area contributed by atoms with Crippen LogP contribution in [-0.2, 0) is 6.54 Å². The van der Waals surface area contributed by atoms with Crippen LogP contribution in [0, 0.1) is 20.8 Å². The molecule has 0 N–H and O–H groups in total. The summed E-state index contributed by atoms with van der Waals surface area (Å²) in [6, 6.07) is 8.65. The molecule has 0 amide bonds. The molecule has 0 saturated heterocycles. The van der Waals surface area contributed by atoms with Crippen LogP contribution in [0.2, 0.25) is 0 Å². The molecule has 2 aromatic heterocycles. The molecule has 0 atom stereocenters. The topological polar surface area (TPSA) is 4.93 Å². The van der Waals surface area contributed by atoms with Gasteiger partial charge < -0.3 is 4.57 Å². The van der Waals surface area contributed by atoms with Crippen LogP contribution in [0.1, 0.15) is 22.4 Å². The van der Waals surface area contributed by atoms with Gasteiger partial charge in [-0.25, -0.2) is 0 Å². The van der Waals surface area contributed by atoms with Gasteiger partial charge in [-0.1, -0.05) is 18.2 Å². The maximum absolute atomic E-state index is 2.36. The highest BCUT2D eigenvalue weighted by Gasteiger charge is 2.08. The number of nitrogens with zero attached hydrogens (tertiary/aromatic N) is 1. The minimum absolute atomic E-state index is 0.977. The number of hydrogen-bond acceptors (Lipinski definition) is 1. The predicted molar refractivity (Wildman–Crippen MR) is 79.6 cm³/mol. The summed E-state index contributed by atoms with van der Waals surface area (Å²) in [5.41, 5.74) is 5.60. The molecule has 0 aliphatic carbocycles. The summed E-state index contributed by atoms with van der Waals surface area (Å²) in [6.45, 7) is 7.57. The molecule has 1 aromatic carbocycles. The Morgan fingerprint density at radius 1 is 1.11 bits per heavy atom. The van der Waals surface area contributed by atoms with Gasteiger partial charge in [-0.05, 0) is 54.3 Å². The lowest BCUT2D eigenvalue weighted by molar-refractivity contribution is 0.779. The van der Waals surface area contributed by atoms with Crippen molar-refractivity contribution in [2.45, 2.75) is 27.3 Å². The third kappa shape index (κ3) is 1.77. The van der Waals surface area contributed by atoms with Crippen LogP contribution in [0.3, 0.4) is 0 Å². The normalized spacial score (nSPS) is 11.3. The summed E-state index contributed by atoms with van der Waals surface area (Å²) < 4.78 is 3.74. The van der Waals surface area contributed by atoms with Gasteiger partial charge in [0.05, 0.1) is 0 Å². The zero-order valence-corrected chi connectivity index (χ0v) is 11.8. The molecule has 2 heterocycles. The average molecular weight is 255 g/mol. The second kappa shape index (κ2) is 4.29. The van der Waals surface area contributed by atoms with E-state index in [2.05, 4.69) is 61.2 Å². The highest BCUT2D eigenvalue weighted by molar-refractivity contribution is 7.17. The van der Waals surface area contributed by atoms with Crippen molar-refractivity contribution in [3.8, 4) is 0 Å². The number of aromatic nitrogens is 1. The molecule has 2 heteroatoms. The van der Waals surface area contributed by atoms with Crippen molar-refractivity contribution in [3.05, 3.63) is 58.2 Å². The summed E-state index contributed by atoms with van der Waals surface area (Å²) in [5, 5.41) is 3.68. The first-order valence-electron chi connectivity index (χ1n) is 6.25. The first-order valence-corrected chi connectivity index (χ1v) is 7.13. The third-order valence-electron chi connectivity index (χ3n) is 3.82. The van der Waals surface area contributed by atoms with Gasteiger partial charge in [0.25, 0.3) is 0 Å². The smallest absolute Gasteiger partial charge is 0.0487 e. The van der Waals surface area contributed by atoms with Crippen molar-refractivity contribution < 1.29 is 0 Å². The Kier molecular flexibility index (Phi) is 2.75. The van der Waals surface area contributed by atoms with Crippen molar-refractivity contribution in [1.29, 1.82) is 0 Å². The van der Waals surface area contributed by atoms with Crippen molar-refractivity contribution in [2.75, 3.05) is 0 Å². The first-order chi connectivity index (χ1) is 8.66. The molecule has 18 heavy (non-hydrogen) atoms. The number of aryl methyl sites for hydroxylation is 1. The summed E-state index contributed by atoms with van der Waals surface area (Å²) in [4.78, 5) is 0. The van der Waals surface area contributed by atoms with Crippen LogP contribution in [0.15, 0.2) is 35.8 Å². The molecule has 0 bridgehead atoms. The van der Waals surface area contributed by atoms with E-state index >= 15 is 0 Å². The molecule has 0 aliphatic heterocycles. The van der Waals surface area contributed by atoms with Crippen LogP contribution in [0.4, 0.5) is 0 Å². The van der Waals surface area contributed by atoms with E-state index in [1.165, 1.54) is 32.5 Å². The van der Waals surface area contributed by atoms with E-state index in [0.29, 0.717) is 0 Å². The minimum Gasteiger partial charge on any atom is -0.347 e. The number of fused-ring (bicyclic) bond motifs is 1. The molecule has 0 saturated carbocycles. The lowest BCUT2D eigenvalue weighted by Crippen LogP contribution is -1.99. The van der Waals surface area contributed by atoms with Gasteiger partial charge in [0.15, 0.2) is 0 Å². The molecule has 0 aliphatic rings. The monoisotopic (exact) mass is 255 g/mol. The van der Waals surface area contributed by atoms with Crippen molar-refractivity contribution in [1.82, 2.24) is 4.57 Å². The standard InChI is InChI=1S/C16H17NS/c1-11-8-17(13(3)12(11)2)9-14-10-18-16-7-5-4-6-15(14)16/h4-8,10H,9H2,1-3H3. The largest absolute Gasteiger partial charge is 0.347 e. The van der Waals surface area contributed by atoms with E-state index in [1.54, 1.807) is 0 Å². The van der Waals surface area contributed by atoms with Gasteiger partial charge in [-0.3, -0.25) is 0 Å². The zero-order chi connectivity index (χ0) is 12.7. The minimum atomic E-state index is 0.977. The Balaban J connectivity index is 2.04. The number of hydrogen-bond donors (Lipinski definition) is 0. The van der Waals surface area contributed by atoms with E-state index in [0.717, 1.165) is 6.54 Å². The van der Waals surface area contributed by atoms with Gasteiger partial charge in [-0.2, -0.15) is 0 Å². The molecular formula is C16H17NS. The van der Waals surface area contributed by atoms with Gasteiger partial charge in [-0.15, -0.1) is 11.3 Å². The van der Waals surface area contributed by atoms with E-state index < -0.39 is 0 Å². The molecular weight excluding hydrogens is 238 g/mol. The summed E-state index contributed by atoms with van der Waals surface area (Å²) in [7, 11) is 0. The van der Waals surface area contributed by atoms with Crippen LogP contribution in [-0.4, -0.2) is 4.57 Å². The van der Waals surface area contributed by atoms with E-state index in [1.807, 2.05) is 11.3 Å². The van der Waals surface area contributed by atoms with Gasteiger partial charge in [0.1, 0.15) is 0 Å². The van der Waals surface area contributed by atoms with Crippen LogP contribution >= 0.6 is 11.3 Å². The number of benzene rings is 1. The maximum atomic E-state index is 2.36. The lowest BCUT2D eigenvalue weighted by atomic mass is 10.2. The van der Waals surface area contributed by atoms with Crippen LogP contribution in [0.25, 0.3) is 10.1 Å². The van der Waals surface area contributed by atoms with Gasteiger partial charge in [0.2, 0.25) is 0 Å². The van der Waals surface area contributed by atoms with Crippen molar-refractivity contribution in [2.24, 2.45) is 0 Å². The first kappa shape index (κ1) is 11.5. The Hall–Kier alpha value is -1.54. The van der Waals surface area contributed by atoms with Crippen LogP contribution in [0.5, 0.6) is 0 Å². The number of thiophene rings is 1. The van der Waals surface area contributed by atoms with Gasteiger partial charge >= 0.3 is 0 Å². The maximum Gasteiger partial charge on any atom is 0.0487 e. The van der Waals surface area contributed by atoms with Crippen molar-refractivity contribution >= 4 is 21.4 Å². The molecule has 3 aromatic rings. The second-order valence-corrected chi connectivity index (χ2v) is 5.82. The quantitative estimate of drug-likeness (QED) is 0.627. The fourth-order valence-electron chi connectivity index (χ4n) is 2.43. The zero-order valence-electron chi connectivity index (χ0n) is 11.0. The molecule has 0 fully saturated rings. The van der Waals surface area contributed by atoms with E-state index in [4.69, 9.17) is 0 Å². The summed E-state index contributed by atoms with van der Waals surface area (Å²) in [6.07, 6.45) is 2.26. The third-order valence-corrected chi connectivity index (χ3v) is 4.83. The Labute approximate surface area is 112 Å². The Bertz CT molecular complexity index is 703. The molecule has 92 valence electrons. The Morgan fingerprint density at radius 3 is 2.61 bits per heavy atom. The van der Waals surface area contributed by atoms with E-state index in [-0.39, 0.29) is 0 Å². The fraction of sp³-hybridized carbons (Fsp3) is 0.250. The highest BCUT2D eigenvalue weighted by Crippen LogP contribution is 2.27. The Morgan fingerprint density at radius 2 is 1.89 bits per heavy atom.